The first-order valence-corrected chi connectivity index (χ1v) is 8.69. The number of benzene rings is 1. The molecule has 0 aliphatic heterocycles. The second kappa shape index (κ2) is 8.21. The smallest absolute Gasteiger partial charge is 0.276 e. The number of hydrogen-bond acceptors (Lipinski definition) is 3. The Bertz CT molecular complexity index is 536. The lowest BCUT2D eigenvalue weighted by atomic mass is 9.90. The van der Waals surface area contributed by atoms with Gasteiger partial charge < -0.3 is 10.2 Å². The molecule has 5 heteroatoms. The first-order chi connectivity index (χ1) is 10.3. The predicted octanol–water partition coefficient (Wildman–Crippen LogP) is 1.48. The summed E-state index contributed by atoms with van der Waals surface area (Å²) in [5.41, 5.74) is 0.396. The number of rotatable bonds is 7. The van der Waals surface area contributed by atoms with Crippen LogP contribution in [-0.2, 0) is 11.3 Å². The number of quaternary nitrogens is 1. The van der Waals surface area contributed by atoms with Gasteiger partial charge in [-0.3, -0.25) is 4.79 Å². The Labute approximate surface area is 137 Å². The van der Waals surface area contributed by atoms with E-state index in [9.17, 15) is 10.1 Å². The first kappa shape index (κ1) is 18.5. The van der Waals surface area contributed by atoms with Gasteiger partial charge in [-0.15, -0.1) is 11.8 Å². The quantitative estimate of drug-likeness (QED) is 0.748. The van der Waals surface area contributed by atoms with Gasteiger partial charge >= 0.3 is 0 Å². The van der Waals surface area contributed by atoms with Crippen LogP contribution in [0.5, 0.6) is 0 Å². The zero-order chi connectivity index (χ0) is 16.8. The summed E-state index contributed by atoms with van der Waals surface area (Å²) in [5, 5.41) is 12.1. The van der Waals surface area contributed by atoms with Crippen LogP contribution < -0.4 is 10.2 Å². The van der Waals surface area contributed by atoms with Crippen LogP contribution >= 0.6 is 11.8 Å². The molecule has 0 aliphatic rings. The molecule has 1 aromatic carbocycles. The van der Waals surface area contributed by atoms with Gasteiger partial charge in [0.2, 0.25) is 0 Å². The standard InChI is InChI=1S/C17H25N3OS/c1-13(2)17(3,12-18)19-16(21)11-20(4)10-14-6-8-15(22-5)9-7-14/h6-9,13H,10-11H2,1-5H3,(H,19,21)/p+1/t17-/m1/s1. The number of likely N-dealkylation sites (N-methyl/N-ethyl adjacent to an activating group) is 1. The summed E-state index contributed by atoms with van der Waals surface area (Å²) in [7, 11) is 1.99. The molecule has 1 amide bonds. The average molecular weight is 320 g/mol. The summed E-state index contributed by atoms with van der Waals surface area (Å²) < 4.78 is 0. The zero-order valence-corrected chi connectivity index (χ0v) is 14.9. The molecule has 0 heterocycles. The minimum atomic E-state index is -0.808. The Morgan fingerprint density at radius 1 is 1.41 bits per heavy atom. The van der Waals surface area contributed by atoms with Crippen molar-refractivity contribution in [2.45, 2.75) is 37.8 Å². The van der Waals surface area contributed by atoms with Crippen molar-refractivity contribution in [1.29, 1.82) is 5.26 Å². The lowest BCUT2D eigenvalue weighted by Crippen LogP contribution is -3.09. The van der Waals surface area contributed by atoms with Crippen molar-refractivity contribution in [1.82, 2.24) is 5.32 Å². The summed E-state index contributed by atoms with van der Waals surface area (Å²) in [5.74, 6) is -0.0168. The molecule has 0 fully saturated rings. The fraction of sp³-hybridized carbons (Fsp3) is 0.529. The molecule has 4 nitrogen and oxygen atoms in total. The van der Waals surface area contributed by atoms with Crippen LogP contribution in [0, 0.1) is 17.2 Å². The van der Waals surface area contributed by atoms with Gasteiger partial charge in [0.1, 0.15) is 12.1 Å². The van der Waals surface area contributed by atoms with E-state index in [2.05, 4.69) is 41.9 Å². The van der Waals surface area contributed by atoms with Gasteiger partial charge in [0.25, 0.3) is 5.91 Å². The fourth-order valence-corrected chi connectivity index (χ4v) is 2.47. The number of carbonyl (C=O) groups is 1. The number of amides is 1. The molecular formula is C17H26N3OS+. The molecule has 0 spiro atoms. The van der Waals surface area contributed by atoms with Gasteiger partial charge in [-0.05, 0) is 31.2 Å². The molecule has 0 bridgehead atoms. The molecule has 2 N–H and O–H groups in total. The van der Waals surface area contributed by atoms with Gasteiger partial charge in [-0.25, -0.2) is 0 Å². The van der Waals surface area contributed by atoms with Crippen molar-refractivity contribution in [3.63, 3.8) is 0 Å². The molecule has 120 valence electrons. The van der Waals surface area contributed by atoms with Gasteiger partial charge in [0.05, 0.1) is 13.1 Å². The lowest BCUT2D eigenvalue weighted by molar-refractivity contribution is -0.885. The van der Waals surface area contributed by atoms with Crippen molar-refractivity contribution >= 4 is 17.7 Å². The Balaban J connectivity index is 2.55. The Hall–Kier alpha value is -1.51. The van der Waals surface area contributed by atoms with Crippen molar-refractivity contribution < 1.29 is 9.69 Å². The number of carbonyl (C=O) groups excluding carboxylic acids is 1. The van der Waals surface area contributed by atoms with E-state index in [-0.39, 0.29) is 11.8 Å². The Morgan fingerprint density at radius 2 is 2.00 bits per heavy atom. The molecule has 0 aliphatic carbocycles. The predicted molar refractivity (Wildman–Crippen MR) is 90.7 cm³/mol. The number of nitriles is 1. The lowest BCUT2D eigenvalue weighted by Gasteiger charge is -2.27. The Morgan fingerprint density at radius 3 is 2.45 bits per heavy atom. The fourth-order valence-electron chi connectivity index (χ4n) is 2.06. The van der Waals surface area contributed by atoms with E-state index in [4.69, 9.17) is 0 Å². The highest BCUT2D eigenvalue weighted by molar-refractivity contribution is 7.98. The average Bonchev–Trinajstić information content (AvgIpc) is 2.47. The highest BCUT2D eigenvalue weighted by Crippen LogP contribution is 2.15. The topological polar surface area (TPSA) is 57.3 Å². The van der Waals surface area contributed by atoms with Crippen molar-refractivity contribution in [3.8, 4) is 6.07 Å². The van der Waals surface area contributed by atoms with Crippen LogP contribution in [0.15, 0.2) is 29.2 Å². The normalized spacial score (nSPS) is 15.0. The van der Waals surface area contributed by atoms with E-state index in [0.717, 1.165) is 11.4 Å². The molecular weight excluding hydrogens is 294 g/mol. The number of nitrogens with zero attached hydrogens (tertiary/aromatic N) is 1. The monoisotopic (exact) mass is 320 g/mol. The molecule has 0 radical (unpaired) electrons. The summed E-state index contributed by atoms with van der Waals surface area (Å²) in [6.07, 6.45) is 2.05. The number of nitrogens with one attached hydrogen (secondary N) is 2. The van der Waals surface area contributed by atoms with Crippen LogP contribution in [0.1, 0.15) is 26.3 Å². The molecule has 0 saturated heterocycles. The molecule has 2 atom stereocenters. The van der Waals surface area contributed by atoms with Gasteiger partial charge in [-0.2, -0.15) is 5.26 Å². The minimum absolute atomic E-state index is 0.0702. The maximum Gasteiger partial charge on any atom is 0.276 e. The van der Waals surface area contributed by atoms with Gasteiger partial charge in [0, 0.05) is 10.5 Å². The van der Waals surface area contributed by atoms with Crippen molar-refractivity contribution in [2.24, 2.45) is 5.92 Å². The van der Waals surface area contributed by atoms with Crippen LogP contribution in [0.25, 0.3) is 0 Å². The van der Waals surface area contributed by atoms with E-state index in [0.29, 0.717) is 6.54 Å². The third kappa shape index (κ3) is 5.36. The van der Waals surface area contributed by atoms with Crippen molar-refractivity contribution in [2.75, 3.05) is 19.8 Å². The minimum Gasteiger partial charge on any atom is -0.333 e. The van der Waals surface area contributed by atoms with Gasteiger partial charge in [-0.1, -0.05) is 26.0 Å². The molecule has 22 heavy (non-hydrogen) atoms. The second-order valence-electron chi connectivity index (χ2n) is 6.18. The summed E-state index contributed by atoms with van der Waals surface area (Å²) >= 11 is 1.72. The number of thioether (sulfide) groups is 1. The first-order valence-electron chi connectivity index (χ1n) is 7.47. The van der Waals surface area contributed by atoms with E-state index < -0.39 is 5.54 Å². The summed E-state index contributed by atoms with van der Waals surface area (Å²) in [6, 6.07) is 10.6. The van der Waals surface area contributed by atoms with E-state index in [1.165, 1.54) is 10.5 Å². The SMILES string of the molecule is CSc1ccc(C[NH+](C)CC(=O)N[C@](C)(C#N)C(C)C)cc1. The summed E-state index contributed by atoms with van der Waals surface area (Å²) in [6.45, 7) is 6.79. The maximum atomic E-state index is 12.1. The largest absolute Gasteiger partial charge is 0.333 e. The van der Waals surface area contributed by atoms with E-state index in [1.807, 2.05) is 20.9 Å². The molecule has 0 saturated carbocycles. The molecule has 0 aromatic heterocycles. The van der Waals surface area contributed by atoms with Gasteiger partial charge in [0.15, 0.2) is 6.54 Å². The zero-order valence-electron chi connectivity index (χ0n) is 14.1. The highest BCUT2D eigenvalue weighted by atomic mass is 32.2. The maximum absolute atomic E-state index is 12.1. The van der Waals surface area contributed by atoms with Crippen LogP contribution in [0.3, 0.4) is 0 Å². The van der Waals surface area contributed by atoms with Crippen LogP contribution in [0.4, 0.5) is 0 Å². The third-order valence-corrected chi connectivity index (χ3v) is 4.66. The van der Waals surface area contributed by atoms with Crippen LogP contribution in [0.2, 0.25) is 0 Å². The molecule has 1 rings (SSSR count). The Kier molecular flexibility index (Phi) is 6.92. The molecule has 1 aromatic rings. The summed E-state index contributed by atoms with van der Waals surface area (Å²) in [4.78, 5) is 14.5. The third-order valence-electron chi connectivity index (χ3n) is 3.91. The van der Waals surface area contributed by atoms with E-state index >= 15 is 0 Å². The van der Waals surface area contributed by atoms with Crippen molar-refractivity contribution in [3.05, 3.63) is 29.8 Å². The van der Waals surface area contributed by atoms with E-state index in [1.54, 1.807) is 18.7 Å². The highest BCUT2D eigenvalue weighted by Gasteiger charge is 2.30. The second-order valence-corrected chi connectivity index (χ2v) is 7.06. The number of hydrogen-bond donors (Lipinski definition) is 2. The molecule has 1 unspecified atom stereocenters. The van der Waals surface area contributed by atoms with Crippen LogP contribution in [-0.4, -0.2) is 31.3 Å².